The topological polar surface area (TPSA) is 88.1 Å². The highest BCUT2D eigenvalue weighted by Crippen LogP contribution is 2.32. The SMILES string of the molecule is C=C(F)C(=O)N1CCN(c2nc(OC)nc3c2CN(C(=O)OC(C)(C)C)C3)CC1. The number of ether oxygens (including phenoxy) is 2. The van der Waals surface area contributed by atoms with Gasteiger partial charge in [0.15, 0.2) is 5.83 Å². The van der Waals surface area contributed by atoms with Gasteiger partial charge < -0.3 is 19.3 Å². The summed E-state index contributed by atoms with van der Waals surface area (Å²) < 4.78 is 23.8. The number of carbonyl (C=O) groups is 2. The van der Waals surface area contributed by atoms with Crippen molar-refractivity contribution in [1.29, 1.82) is 0 Å². The first-order valence-electron chi connectivity index (χ1n) is 9.39. The second-order valence-corrected chi connectivity index (χ2v) is 7.98. The van der Waals surface area contributed by atoms with Gasteiger partial charge in [0, 0.05) is 31.7 Å². The minimum atomic E-state index is -0.962. The molecule has 0 atom stereocenters. The van der Waals surface area contributed by atoms with Gasteiger partial charge in [-0.3, -0.25) is 9.69 Å². The molecular formula is C19H26FN5O4. The summed E-state index contributed by atoms with van der Waals surface area (Å²) in [4.78, 5) is 38.1. The van der Waals surface area contributed by atoms with Gasteiger partial charge in [-0.25, -0.2) is 9.18 Å². The van der Waals surface area contributed by atoms with E-state index >= 15 is 0 Å². The fraction of sp³-hybridized carbons (Fsp3) is 0.579. The highest BCUT2D eigenvalue weighted by Gasteiger charge is 2.34. The van der Waals surface area contributed by atoms with Crippen molar-refractivity contribution in [3.63, 3.8) is 0 Å². The van der Waals surface area contributed by atoms with Crippen LogP contribution in [0.15, 0.2) is 12.4 Å². The maximum atomic E-state index is 13.1. The van der Waals surface area contributed by atoms with Gasteiger partial charge >= 0.3 is 12.1 Å². The van der Waals surface area contributed by atoms with Gasteiger partial charge in [0.25, 0.3) is 5.91 Å². The fourth-order valence-corrected chi connectivity index (χ4v) is 3.32. The summed E-state index contributed by atoms with van der Waals surface area (Å²) in [5.74, 6) is -0.994. The minimum Gasteiger partial charge on any atom is -0.467 e. The van der Waals surface area contributed by atoms with E-state index in [0.29, 0.717) is 50.8 Å². The third kappa shape index (κ3) is 4.57. The second-order valence-electron chi connectivity index (χ2n) is 7.98. The smallest absolute Gasteiger partial charge is 0.410 e. The Balaban J connectivity index is 1.79. The highest BCUT2D eigenvalue weighted by atomic mass is 19.1. The molecule has 1 aromatic heterocycles. The van der Waals surface area contributed by atoms with Crippen molar-refractivity contribution in [1.82, 2.24) is 19.8 Å². The molecule has 9 nitrogen and oxygen atoms in total. The van der Waals surface area contributed by atoms with Crippen LogP contribution in [0.1, 0.15) is 32.0 Å². The summed E-state index contributed by atoms with van der Waals surface area (Å²) in [5, 5.41) is 0. The Hall–Kier alpha value is -2.91. The van der Waals surface area contributed by atoms with E-state index in [9.17, 15) is 14.0 Å². The van der Waals surface area contributed by atoms with Gasteiger partial charge in [-0.2, -0.15) is 9.97 Å². The Bertz CT molecular complexity index is 831. The lowest BCUT2D eigenvalue weighted by atomic mass is 10.2. The summed E-state index contributed by atoms with van der Waals surface area (Å²) in [7, 11) is 1.48. The number of methoxy groups -OCH3 is 1. The first-order chi connectivity index (χ1) is 13.6. The third-order valence-electron chi connectivity index (χ3n) is 4.67. The van der Waals surface area contributed by atoms with Crippen molar-refractivity contribution in [3.05, 3.63) is 23.7 Å². The summed E-state index contributed by atoms with van der Waals surface area (Å²) >= 11 is 0. The van der Waals surface area contributed by atoms with Crippen molar-refractivity contribution < 1.29 is 23.5 Å². The van der Waals surface area contributed by atoms with Crippen molar-refractivity contribution in [2.24, 2.45) is 0 Å². The zero-order valence-corrected chi connectivity index (χ0v) is 17.2. The maximum Gasteiger partial charge on any atom is 0.410 e. The average molecular weight is 407 g/mol. The number of carbonyl (C=O) groups excluding carboxylic acids is 2. The number of amides is 2. The Labute approximate surface area is 169 Å². The van der Waals surface area contributed by atoms with Crippen molar-refractivity contribution in [2.75, 3.05) is 38.2 Å². The van der Waals surface area contributed by atoms with Crippen LogP contribution in [-0.2, 0) is 22.6 Å². The second kappa shape index (κ2) is 7.84. The van der Waals surface area contributed by atoms with Crippen LogP contribution >= 0.6 is 0 Å². The molecule has 0 bridgehead atoms. The number of aromatic nitrogens is 2. The van der Waals surface area contributed by atoms with Crippen molar-refractivity contribution in [3.8, 4) is 6.01 Å². The molecule has 0 unspecified atom stereocenters. The summed E-state index contributed by atoms with van der Waals surface area (Å²) in [6.45, 7) is 10.8. The molecule has 1 fully saturated rings. The normalized spacial score (nSPS) is 16.5. The van der Waals surface area contributed by atoms with Gasteiger partial charge in [0.05, 0.1) is 25.9 Å². The standard InChI is InChI=1S/C19H26FN5O4/c1-12(20)16(26)24-8-6-23(7-9-24)15-13-10-25(18(27)29-19(2,3)4)11-14(13)21-17(22-15)28-5/h1,6-11H2,2-5H3. The lowest BCUT2D eigenvalue weighted by Gasteiger charge is -2.35. The number of fused-ring (bicyclic) bond motifs is 1. The summed E-state index contributed by atoms with van der Waals surface area (Å²) in [6.07, 6.45) is -0.419. The number of hydrogen-bond donors (Lipinski definition) is 0. The molecule has 0 radical (unpaired) electrons. The molecule has 2 amide bonds. The molecule has 2 aliphatic heterocycles. The van der Waals surface area contributed by atoms with Gasteiger partial charge in [-0.15, -0.1) is 0 Å². The molecule has 0 spiro atoms. The van der Waals surface area contributed by atoms with E-state index in [1.165, 1.54) is 12.0 Å². The summed E-state index contributed by atoms with van der Waals surface area (Å²) in [5.41, 5.74) is 0.932. The molecule has 0 aliphatic carbocycles. The first-order valence-corrected chi connectivity index (χ1v) is 9.39. The van der Waals surface area contributed by atoms with Crippen LogP contribution in [0.4, 0.5) is 15.0 Å². The van der Waals surface area contributed by atoms with Gasteiger partial charge in [0.1, 0.15) is 11.4 Å². The molecule has 158 valence electrons. The van der Waals surface area contributed by atoms with Crippen LogP contribution in [-0.4, -0.2) is 70.7 Å². The van der Waals surface area contributed by atoms with Gasteiger partial charge in [-0.1, -0.05) is 6.58 Å². The Kier molecular flexibility index (Phi) is 5.63. The predicted octanol–water partition coefficient (Wildman–Crippen LogP) is 1.87. The molecule has 0 saturated carbocycles. The highest BCUT2D eigenvalue weighted by molar-refractivity contribution is 5.90. The molecular weight excluding hydrogens is 381 g/mol. The molecule has 10 heteroatoms. The van der Waals surface area contributed by atoms with Gasteiger partial charge in [0.2, 0.25) is 0 Å². The van der Waals surface area contributed by atoms with Crippen LogP contribution in [0.25, 0.3) is 0 Å². The van der Waals surface area contributed by atoms with Crippen LogP contribution < -0.4 is 9.64 Å². The monoisotopic (exact) mass is 407 g/mol. The molecule has 0 aromatic carbocycles. The number of nitrogens with zero attached hydrogens (tertiary/aromatic N) is 5. The number of anilines is 1. The van der Waals surface area contributed by atoms with Crippen LogP contribution in [0, 0.1) is 0 Å². The third-order valence-corrected chi connectivity index (χ3v) is 4.67. The lowest BCUT2D eigenvalue weighted by Crippen LogP contribution is -2.49. The zero-order chi connectivity index (χ0) is 21.3. The van der Waals surface area contributed by atoms with Crippen LogP contribution in [0.5, 0.6) is 6.01 Å². The number of halogens is 1. The average Bonchev–Trinajstić information content (AvgIpc) is 3.09. The molecule has 3 heterocycles. The Morgan fingerprint density at radius 3 is 2.28 bits per heavy atom. The molecule has 29 heavy (non-hydrogen) atoms. The van der Waals surface area contributed by atoms with Gasteiger partial charge in [-0.05, 0) is 20.8 Å². The van der Waals surface area contributed by atoms with E-state index in [0.717, 1.165) is 5.56 Å². The van der Waals surface area contributed by atoms with E-state index in [1.54, 1.807) is 4.90 Å². The maximum absolute atomic E-state index is 13.1. The number of hydrogen-bond acceptors (Lipinski definition) is 7. The fourth-order valence-electron chi connectivity index (χ4n) is 3.32. The van der Waals surface area contributed by atoms with E-state index < -0.39 is 23.4 Å². The molecule has 1 saturated heterocycles. The molecule has 1 aromatic rings. The lowest BCUT2D eigenvalue weighted by molar-refractivity contribution is -0.128. The zero-order valence-electron chi connectivity index (χ0n) is 17.2. The van der Waals surface area contributed by atoms with Crippen molar-refractivity contribution in [2.45, 2.75) is 39.5 Å². The number of rotatable bonds is 3. The van der Waals surface area contributed by atoms with E-state index in [4.69, 9.17) is 9.47 Å². The minimum absolute atomic E-state index is 0.209. The summed E-state index contributed by atoms with van der Waals surface area (Å²) in [6, 6.07) is 0.209. The number of piperazine rings is 1. The Morgan fingerprint density at radius 1 is 1.07 bits per heavy atom. The first kappa shape index (κ1) is 20.8. The molecule has 3 rings (SSSR count). The molecule has 0 N–H and O–H groups in total. The van der Waals surface area contributed by atoms with Crippen LogP contribution in [0.3, 0.4) is 0 Å². The largest absolute Gasteiger partial charge is 0.467 e. The Morgan fingerprint density at radius 2 is 1.72 bits per heavy atom. The van der Waals surface area contributed by atoms with Crippen LogP contribution in [0.2, 0.25) is 0 Å². The van der Waals surface area contributed by atoms with Crippen molar-refractivity contribution >= 4 is 17.8 Å². The van der Waals surface area contributed by atoms with E-state index in [1.807, 2.05) is 25.7 Å². The molecule has 2 aliphatic rings. The van der Waals surface area contributed by atoms with E-state index in [-0.39, 0.29) is 6.01 Å². The van der Waals surface area contributed by atoms with E-state index in [2.05, 4.69) is 16.5 Å². The predicted molar refractivity (Wildman–Crippen MR) is 103 cm³/mol. The quantitative estimate of drug-likeness (QED) is 0.707.